The number of hydrogen-bond donors (Lipinski definition) is 0. The molecule has 2 aromatic rings. The lowest BCUT2D eigenvalue weighted by Crippen LogP contribution is -2.16. The van der Waals surface area contributed by atoms with Crippen LogP contribution in [-0.4, -0.2) is 25.5 Å². The van der Waals surface area contributed by atoms with Gasteiger partial charge in [0.1, 0.15) is 5.82 Å². The molecule has 2 aromatic carbocycles. The third kappa shape index (κ3) is 3.51. The first kappa shape index (κ1) is 18.6. The maximum atomic E-state index is 13.4. The maximum Gasteiger partial charge on any atom is 0.123 e. The molecule has 0 atom stereocenters. The van der Waals surface area contributed by atoms with Crippen molar-refractivity contribution in [2.45, 2.75) is 38.9 Å². The van der Waals surface area contributed by atoms with Crippen LogP contribution in [0.2, 0.25) is 0 Å². The van der Waals surface area contributed by atoms with Crippen LogP contribution in [0.3, 0.4) is 0 Å². The molecule has 3 rings (SSSR count). The van der Waals surface area contributed by atoms with Crippen LogP contribution in [-0.2, 0) is 23.4 Å². The van der Waals surface area contributed by atoms with Crippen molar-refractivity contribution in [3.8, 4) is 17.2 Å². The quantitative estimate of drug-likeness (QED) is 0.787. The van der Waals surface area contributed by atoms with E-state index >= 15 is 0 Å². The number of fused-ring (bicyclic) bond motifs is 1. The highest BCUT2D eigenvalue weighted by Gasteiger charge is 2.34. The number of halogens is 1. The molecule has 1 aliphatic heterocycles. The SMILES string of the molecule is CN(C)CCCc1c2c(cc(C#N)c1-c1ccc(F)cc1)C(C)(C)OC2. The third-order valence-corrected chi connectivity index (χ3v) is 5.06. The highest BCUT2D eigenvalue weighted by molar-refractivity contribution is 5.77. The van der Waals surface area contributed by atoms with Gasteiger partial charge >= 0.3 is 0 Å². The van der Waals surface area contributed by atoms with Gasteiger partial charge in [0.15, 0.2) is 0 Å². The zero-order valence-corrected chi connectivity index (χ0v) is 15.9. The van der Waals surface area contributed by atoms with E-state index in [0.717, 1.165) is 41.6 Å². The van der Waals surface area contributed by atoms with Crippen LogP contribution in [0.15, 0.2) is 30.3 Å². The van der Waals surface area contributed by atoms with Gasteiger partial charge in [-0.25, -0.2) is 4.39 Å². The van der Waals surface area contributed by atoms with Crippen LogP contribution in [0.4, 0.5) is 4.39 Å². The number of hydrogen-bond acceptors (Lipinski definition) is 3. The Kier molecular flexibility index (Phi) is 5.13. The van der Waals surface area contributed by atoms with Crippen molar-refractivity contribution in [3.63, 3.8) is 0 Å². The van der Waals surface area contributed by atoms with E-state index in [-0.39, 0.29) is 5.82 Å². The van der Waals surface area contributed by atoms with E-state index in [1.807, 2.05) is 19.9 Å². The normalized spacial score (nSPS) is 15.1. The van der Waals surface area contributed by atoms with Crippen molar-refractivity contribution in [3.05, 3.63) is 58.4 Å². The Bertz CT molecular complexity index is 848. The predicted octanol–water partition coefficient (Wildman–Crippen LogP) is 4.62. The molecule has 0 amide bonds. The third-order valence-electron chi connectivity index (χ3n) is 5.06. The van der Waals surface area contributed by atoms with Crippen LogP contribution in [0.1, 0.15) is 42.5 Å². The lowest BCUT2D eigenvalue weighted by Gasteiger charge is -2.21. The topological polar surface area (TPSA) is 36.3 Å². The smallest absolute Gasteiger partial charge is 0.123 e. The second-order valence-electron chi connectivity index (χ2n) is 7.63. The summed E-state index contributed by atoms with van der Waals surface area (Å²) in [7, 11) is 4.12. The fourth-order valence-electron chi connectivity index (χ4n) is 3.69. The first-order valence-corrected chi connectivity index (χ1v) is 8.97. The first-order chi connectivity index (χ1) is 12.3. The molecule has 0 aromatic heterocycles. The molecule has 0 saturated carbocycles. The average Bonchev–Trinajstić information content (AvgIpc) is 2.90. The van der Waals surface area contributed by atoms with Gasteiger partial charge < -0.3 is 9.64 Å². The number of rotatable bonds is 5. The van der Waals surface area contributed by atoms with E-state index in [9.17, 15) is 9.65 Å². The summed E-state index contributed by atoms with van der Waals surface area (Å²) in [4.78, 5) is 2.16. The summed E-state index contributed by atoms with van der Waals surface area (Å²) >= 11 is 0. The monoisotopic (exact) mass is 352 g/mol. The highest BCUT2D eigenvalue weighted by atomic mass is 19.1. The molecule has 0 N–H and O–H groups in total. The predicted molar refractivity (Wildman–Crippen MR) is 101 cm³/mol. The lowest BCUT2D eigenvalue weighted by molar-refractivity contribution is -0.00799. The molecule has 0 bridgehead atoms. The molecule has 0 aliphatic carbocycles. The summed E-state index contributed by atoms with van der Waals surface area (Å²) in [5.74, 6) is -0.271. The van der Waals surface area contributed by atoms with Crippen LogP contribution in [0.25, 0.3) is 11.1 Å². The van der Waals surface area contributed by atoms with Gasteiger partial charge in [-0.15, -0.1) is 0 Å². The Hall–Kier alpha value is -2.22. The van der Waals surface area contributed by atoms with Crippen LogP contribution in [0, 0.1) is 17.1 Å². The molecule has 0 fully saturated rings. The average molecular weight is 352 g/mol. The van der Waals surface area contributed by atoms with Crippen molar-refractivity contribution in [1.29, 1.82) is 5.26 Å². The molecule has 1 aliphatic rings. The van der Waals surface area contributed by atoms with E-state index in [4.69, 9.17) is 4.74 Å². The molecule has 0 saturated heterocycles. The van der Waals surface area contributed by atoms with Crippen LogP contribution >= 0.6 is 0 Å². The van der Waals surface area contributed by atoms with Gasteiger partial charge in [-0.2, -0.15) is 5.26 Å². The van der Waals surface area contributed by atoms with Crippen molar-refractivity contribution in [2.24, 2.45) is 0 Å². The van der Waals surface area contributed by atoms with Gasteiger partial charge in [-0.3, -0.25) is 0 Å². The Morgan fingerprint density at radius 1 is 1.23 bits per heavy atom. The lowest BCUT2D eigenvalue weighted by atomic mass is 9.83. The molecule has 136 valence electrons. The summed E-state index contributed by atoms with van der Waals surface area (Å²) in [6.07, 6.45) is 1.85. The van der Waals surface area contributed by atoms with Gasteiger partial charge in [-0.1, -0.05) is 12.1 Å². The number of benzene rings is 2. The zero-order valence-electron chi connectivity index (χ0n) is 15.9. The van der Waals surface area contributed by atoms with Crippen molar-refractivity contribution >= 4 is 0 Å². The summed E-state index contributed by atoms with van der Waals surface area (Å²) < 4.78 is 19.4. The number of nitriles is 1. The maximum absolute atomic E-state index is 13.4. The molecule has 1 heterocycles. The van der Waals surface area contributed by atoms with Gasteiger partial charge in [0.05, 0.1) is 23.8 Å². The highest BCUT2D eigenvalue weighted by Crippen LogP contribution is 2.43. The van der Waals surface area contributed by atoms with Gasteiger partial charge in [0, 0.05) is 5.56 Å². The number of ether oxygens (including phenoxy) is 1. The van der Waals surface area contributed by atoms with Crippen LogP contribution < -0.4 is 0 Å². The molecule has 3 nitrogen and oxygen atoms in total. The summed E-state index contributed by atoms with van der Waals surface area (Å²) in [6, 6.07) is 10.7. The summed E-state index contributed by atoms with van der Waals surface area (Å²) in [6.45, 7) is 5.61. The second-order valence-corrected chi connectivity index (χ2v) is 7.63. The summed E-state index contributed by atoms with van der Waals surface area (Å²) in [5.41, 5.74) is 5.50. The number of nitrogens with zero attached hydrogens (tertiary/aromatic N) is 2. The molecule has 0 radical (unpaired) electrons. The second kappa shape index (κ2) is 7.19. The standard InChI is InChI=1S/C22H25FN2O/c1-22(2)20-12-16(13-24)21(15-7-9-17(23)10-8-15)18(19(20)14-26-22)6-5-11-25(3)4/h7-10,12H,5-6,11,14H2,1-4H3. The van der Waals surface area contributed by atoms with E-state index < -0.39 is 5.60 Å². The van der Waals surface area contributed by atoms with Crippen molar-refractivity contribution in [2.75, 3.05) is 20.6 Å². The first-order valence-electron chi connectivity index (χ1n) is 8.97. The Balaban J connectivity index is 2.18. The molecular formula is C22H25FN2O. The van der Waals surface area contributed by atoms with Gasteiger partial charge in [0.25, 0.3) is 0 Å². The summed E-state index contributed by atoms with van der Waals surface area (Å²) in [5, 5.41) is 9.80. The Morgan fingerprint density at radius 2 is 1.92 bits per heavy atom. The molecular weight excluding hydrogens is 327 g/mol. The van der Waals surface area contributed by atoms with E-state index in [1.54, 1.807) is 12.1 Å². The van der Waals surface area contributed by atoms with Crippen molar-refractivity contribution < 1.29 is 9.13 Å². The van der Waals surface area contributed by atoms with Gasteiger partial charge in [0.2, 0.25) is 0 Å². The van der Waals surface area contributed by atoms with Crippen LogP contribution in [0.5, 0.6) is 0 Å². The van der Waals surface area contributed by atoms with E-state index in [2.05, 4.69) is 25.1 Å². The molecule has 0 unspecified atom stereocenters. The fourth-order valence-corrected chi connectivity index (χ4v) is 3.69. The van der Waals surface area contributed by atoms with E-state index in [1.165, 1.54) is 17.7 Å². The van der Waals surface area contributed by atoms with E-state index in [0.29, 0.717) is 12.2 Å². The van der Waals surface area contributed by atoms with Gasteiger partial charge in [-0.05, 0) is 87.8 Å². The zero-order chi connectivity index (χ0) is 18.9. The fraction of sp³-hybridized carbons (Fsp3) is 0.409. The minimum absolute atomic E-state index is 0.271. The Labute approximate surface area is 155 Å². The van der Waals surface area contributed by atoms with Crippen molar-refractivity contribution in [1.82, 2.24) is 4.90 Å². The minimum Gasteiger partial charge on any atom is -0.366 e. The Morgan fingerprint density at radius 3 is 2.54 bits per heavy atom. The minimum atomic E-state index is -0.390. The molecule has 26 heavy (non-hydrogen) atoms. The molecule has 4 heteroatoms. The largest absolute Gasteiger partial charge is 0.366 e. The molecule has 0 spiro atoms.